The molecule has 1 amide bonds. The third-order valence-electron chi connectivity index (χ3n) is 4.83. The quantitative estimate of drug-likeness (QED) is 0.780. The van der Waals surface area contributed by atoms with Crippen LogP contribution in [0.25, 0.3) is 5.82 Å². The summed E-state index contributed by atoms with van der Waals surface area (Å²) in [6.45, 7) is 5.28. The maximum Gasteiger partial charge on any atom is 0.274 e. The standard InChI is InChI=1S/C17H23N7OS/c1-21-2-4-23(5-3-21)17(25)14-11-24(13-20-14)16-10-15(18-12-19-16)22-6-8-26-9-7-22/h10-13H,2-9H2,1H3. The Morgan fingerprint density at radius 3 is 2.50 bits per heavy atom. The van der Waals surface area contributed by atoms with E-state index >= 15 is 0 Å². The Morgan fingerprint density at radius 1 is 1.00 bits per heavy atom. The minimum atomic E-state index is -0.0146. The van der Waals surface area contributed by atoms with Crippen LogP contribution in [0.4, 0.5) is 5.82 Å². The predicted octanol–water partition coefficient (Wildman–Crippen LogP) is 0.603. The SMILES string of the molecule is CN1CCN(C(=O)c2cn(-c3cc(N4CCSCC4)ncn3)cn2)CC1. The largest absolute Gasteiger partial charge is 0.355 e. The molecule has 9 heteroatoms. The summed E-state index contributed by atoms with van der Waals surface area (Å²) in [5.41, 5.74) is 0.462. The molecule has 0 unspecified atom stereocenters. The van der Waals surface area contributed by atoms with E-state index in [2.05, 4.69) is 31.8 Å². The molecule has 138 valence electrons. The number of thioether (sulfide) groups is 1. The van der Waals surface area contributed by atoms with Gasteiger partial charge in [0, 0.05) is 63.0 Å². The van der Waals surface area contributed by atoms with Crippen molar-refractivity contribution in [2.45, 2.75) is 0 Å². The molecule has 0 atom stereocenters. The van der Waals surface area contributed by atoms with Crippen molar-refractivity contribution < 1.29 is 4.79 Å². The molecule has 2 fully saturated rings. The molecule has 0 aromatic carbocycles. The van der Waals surface area contributed by atoms with Gasteiger partial charge in [-0.25, -0.2) is 15.0 Å². The van der Waals surface area contributed by atoms with E-state index < -0.39 is 0 Å². The van der Waals surface area contributed by atoms with E-state index in [0.717, 1.165) is 62.4 Å². The highest BCUT2D eigenvalue weighted by atomic mass is 32.2. The van der Waals surface area contributed by atoms with Gasteiger partial charge < -0.3 is 14.7 Å². The summed E-state index contributed by atoms with van der Waals surface area (Å²) < 4.78 is 1.80. The van der Waals surface area contributed by atoms with Crippen molar-refractivity contribution in [1.82, 2.24) is 29.3 Å². The average Bonchev–Trinajstić information content (AvgIpc) is 3.19. The van der Waals surface area contributed by atoms with Crippen LogP contribution < -0.4 is 4.90 Å². The molecule has 0 radical (unpaired) electrons. The Bertz CT molecular complexity index is 766. The first kappa shape index (κ1) is 17.3. The van der Waals surface area contributed by atoms with Crippen molar-refractivity contribution >= 4 is 23.5 Å². The molecule has 2 aromatic rings. The van der Waals surface area contributed by atoms with Crippen molar-refractivity contribution in [2.24, 2.45) is 0 Å². The summed E-state index contributed by atoms with van der Waals surface area (Å²) in [4.78, 5) is 32.1. The fourth-order valence-corrected chi connectivity index (χ4v) is 4.08. The molecule has 0 spiro atoms. The number of anilines is 1. The molecular formula is C17H23N7OS. The molecule has 0 N–H and O–H groups in total. The summed E-state index contributed by atoms with van der Waals surface area (Å²) in [6, 6.07) is 1.96. The second-order valence-electron chi connectivity index (χ2n) is 6.60. The molecular weight excluding hydrogens is 350 g/mol. The van der Waals surface area contributed by atoms with Gasteiger partial charge in [-0.2, -0.15) is 11.8 Å². The van der Waals surface area contributed by atoms with E-state index in [4.69, 9.17) is 0 Å². The van der Waals surface area contributed by atoms with E-state index in [9.17, 15) is 4.79 Å². The maximum atomic E-state index is 12.7. The minimum Gasteiger partial charge on any atom is -0.355 e. The zero-order valence-electron chi connectivity index (χ0n) is 14.9. The van der Waals surface area contributed by atoms with Crippen molar-refractivity contribution in [2.75, 3.05) is 62.7 Å². The second-order valence-corrected chi connectivity index (χ2v) is 7.82. The number of nitrogens with zero attached hydrogens (tertiary/aromatic N) is 7. The fraction of sp³-hybridized carbons (Fsp3) is 0.529. The highest BCUT2D eigenvalue weighted by Crippen LogP contribution is 2.19. The lowest BCUT2D eigenvalue weighted by Gasteiger charge is -2.31. The van der Waals surface area contributed by atoms with Crippen LogP contribution in [0.15, 0.2) is 24.9 Å². The number of hydrogen-bond donors (Lipinski definition) is 0. The number of likely N-dealkylation sites (N-methyl/N-ethyl adjacent to an activating group) is 1. The predicted molar refractivity (Wildman–Crippen MR) is 102 cm³/mol. The number of aromatic nitrogens is 4. The van der Waals surface area contributed by atoms with Crippen molar-refractivity contribution in [3.05, 3.63) is 30.6 Å². The van der Waals surface area contributed by atoms with E-state index in [1.54, 1.807) is 23.4 Å². The summed E-state index contributed by atoms with van der Waals surface area (Å²) in [6.07, 6.45) is 4.99. The molecule has 8 nitrogen and oxygen atoms in total. The Morgan fingerprint density at radius 2 is 1.73 bits per heavy atom. The molecule has 0 bridgehead atoms. The highest BCUT2D eigenvalue weighted by Gasteiger charge is 2.22. The number of carbonyl (C=O) groups excluding carboxylic acids is 1. The first-order chi connectivity index (χ1) is 12.7. The lowest BCUT2D eigenvalue weighted by atomic mass is 10.3. The maximum absolute atomic E-state index is 12.7. The van der Waals surface area contributed by atoms with Gasteiger partial charge >= 0.3 is 0 Å². The molecule has 2 aliphatic heterocycles. The Kier molecular flexibility index (Phi) is 5.07. The zero-order valence-corrected chi connectivity index (χ0v) is 15.7. The van der Waals surface area contributed by atoms with Gasteiger partial charge in [-0.1, -0.05) is 0 Å². The number of amides is 1. The third-order valence-corrected chi connectivity index (χ3v) is 5.77. The molecule has 26 heavy (non-hydrogen) atoms. The van der Waals surface area contributed by atoms with Crippen LogP contribution in [-0.2, 0) is 0 Å². The summed E-state index contributed by atoms with van der Waals surface area (Å²) in [5, 5.41) is 0. The summed E-state index contributed by atoms with van der Waals surface area (Å²) in [7, 11) is 2.07. The first-order valence-electron chi connectivity index (χ1n) is 8.87. The smallest absolute Gasteiger partial charge is 0.274 e. The topological polar surface area (TPSA) is 70.4 Å². The van der Waals surface area contributed by atoms with Crippen molar-refractivity contribution in [3.8, 4) is 5.82 Å². The Labute approximate surface area is 157 Å². The lowest BCUT2D eigenvalue weighted by molar-refractivity contribution is 0.0658. The highest BCUT2D eigenvalue weighted by molar-refractivity contribution is 7.99. The van der Waals surface area contributed by atoms with E-state index in [1.165, 1.54) is 0 Å². The van der Waals surface area contributed by atoms with Gasteiger partial charge in [0.1, 0.15) is 30.0 Å². The first-order valence-corrected chi connectivity index (χ1v) is 10.0. The van der Waals surface area contributed by atoms with Gasteiger partial charge in [0.15, 0.2) is 0 Å². The Balaban J connectivity index is 1.50. The molecule has 4 rings (SSSR count). The second kappa shape index (κ2) is 7.63. The van der Waals surface area contributed by atoms with Gasteiger partial charge in [0.2, 0.25) is 0 Å². The van der Waals surface area contributed by atoms with Crippen LogP contribution in [0, 0.1) is 0 Å². The van der Waals surface area contributed by atoms with Crippen molar-refractivity contribution in [1.29, 1.82) is 0 Å². The normalized spacial score (nSPS) is 19.0. The number of rotatable bonds is 3. The number of hydrogen-bond acceptors (Lipinski definition) is 7. The molecule has 0 saturated carbocycles. The monoisotopic (exact) mass is 373 g/mol. The summed E-state index contributed by atoms with van der Waals surface area (Å²) in [5.74, 6) is 3.88. The van der Waals surface area contributed by atoms with Gasteiger partial charge in [0.05, 0.1) is 0 Å². The van der Waals surface area contributed by atoms with Crippen molar-refractivity contribution in [3.63, 3.8) is 0 Å². The van der Waals surface area contributed by atoms with Crippen LogP contribution in [0.5, 0.6) is 0 Å². The molecule has 2 aliphatic rings. The van der Waals surface area contributed by atoms with Gasteiger partial charge in [0.25, 0.3) is 5.91 Å². The van der Waals surface area contributed by atoms with Gasteiger partial charge in [-0.05, 0) is 7.05 Å². The van der Waals surface area contributed by atoms with Crippen LogP contribution in [0.1, 0.15) is 10.5 Å². The molecule has 2 saturated heterocycles. The number of imidazole rings is 1. The van der Waals surface area contributed by atoms with Crippen LogP contribution in [0.3, 0.4) is 0 Å². The van der Waals surface area contributed by atoms with Crippen LogP contribution in [0.2, 0.25) is 0 Å². The van der Waals surface area contributed by atoms with E-state index in [0.29, 0.717) is 5.69 Å². The Hall–Kier alpha value is -2.13. The fourth-order valence-electron chi connectivity index (χ4n) is 3.17. The van der Waals surface area contributed by atoms with Crippen LogP contribution >= 0.6 is 11.8 Å². The minimum absolute atomic E-state index is 0.0146. The average molecular weight is 373 g/mol. The number of carbonyl (C=O) groups is 1. The van der Waals surface area contributed by atoms with E-state index in [-0.39, 0.29) is 5.91 Å². The van der Waals surface area contributed by atoms with Gasteiger partial charge in [-0.15, -0.1) is 0 Å². The third kappa shape index (κ3) is 3.68. The zero-order chi connectivity index (χ0) is 17.9. The number of piperazine rings is 1. The summed E-state index contributed by atoms with van der Waals surface area (Å²) >= 11 is 1.97. The molecule has 0 aliphatic carbocycles. The molecule has 2 aromatic heterocycles. The molecule has 4 heterocycles. The van der Waals surface area contributed by atoms with Crippen LogP contribution in [-0.4, -0.2) is 93.0 Å². The van der Waals surface area contributed by atoms with Gasteiger partial charge in [-0.3, -0.25) is 9.36 Å². The van der Waals surface area contributed by atoms with E-state index in [1.807, 2.05) is 22.7 Å². The lowest BCUT2D eigenvalue weighted by Crippen LogP contribution is -2.47.